The van der Waals surface area contributed by atoms with Crippen LogP contribution in [0, 0.1) is 5.82 Å². The smallest absolute Gasteiger partial charge is 0.165 e. The van der Waals surface area contributed by atoms with E-state index in [-0.39, 0.29) is 11.6 Å². The van der Waals surface area contributed by atoms with Gasteiger partial charge >= 0.3 is 0 Å². The number of hydrogen-bond donors (Lipinski definition) is 1. The molecule has 0 bridgehead atoms. The maximum Gasteiger partial charge on any atom is 0.165 e. The molecule has 0 saturated carbocycles. The lowest BCUT2D eigenvalue weighted by molar-refractivity contribution is 0.386. The molecule has 0 fully saturated rings. The van der Waals surface area contributed by atoms with Crippen molar-refractivity contribution in [3.63, 3.8) is 0 Å². The molecular weight excluding hydrogens is 227 g/mol. The first-order valence-electron chi connectivity index (χ1n) is 4.73. The van der Waals surface area contributed by atoms with Crippen molar-refractivity contribution in [2.45, 2.75) is 6.54 Å². The summed E-state index contributed by atoms with van der Waals surface area (Å²) < 4.78 is 18.3. The molecule has 0 saturated heterocycles. The Balaban J connectivity index is 2.37. The quantitative estimate of drug-likeness (QED) is 0.893. The average Bonchev–Trinajstić information content (AvgIpc) is 2.77. The Morgan fingerprint density at radius 2 is 2.31 bits per heavy atom. The topological polar surface area (TPSA) is 48.1 Å². The largest absolute Gasteiger partial charge is 0.494 e. The first-order valence-corrected chi connectivity index (χ1v) is 5.55. The van der Waals surface area contributed by atoms with Crippen LogP contribution in [0.2, 0.25) is 0 Å². The van der Waals surface area contributed by atoms with E-state index in [0.29, 0.717) is 6.54 Å². The van der Waals surface area contributed by atoms with Crippen molar-refractivity contribution in [1.82, 2.24) is 4.98 Å². The highest BCUT2D eigenvalue weighted by atomic mass is 32.1. The minimum absolute atomic E-state index is 0.236. The molecule has 0 spiro atoms. The van der Waals surface area contributed by atoms with E-state index >= 15 is 0 Å². The van der Waals surface area contributed by atoms with Gasteiger partial charge in [-0.05, 0) is 18.2 Å². The van der Waals surface area contributed by atoms with Gasteiger partial charge < -0.3 is 10.5 Å². The third-order valence-corrected chi connectivity index (χ3v) is 3.22. The summed E-state index contributed by atoms with van der Waals surface area (Å²) in [6.45, 7) is 0.455. The van der Waals surface area contributed by atoms with Crippen molar-refractivity contribution in [2.24, 2.45) is 5.73 Å². The van der Waals surface area contributed by atoms with Gasteiger partial charge in [-0.3, -0.25) is 0 Å². The molecule has 0 aliphatic carbocycles. The van der Waals surface area contributed by atoms with Crippen molar-refractivity contribution in [2.75, 3.05) is 7.11 Å². The Hall–Kier alpha value is -1.46. The van der Waals surface area contributed by atoms with Crippen LogP contribution in [0.4, 0.5) is 4.39 Å². The van der Waals surface area contributed by atoms with E-state index in [1.54, 1.807) is 18.3 Å². The maximum absolute atomic E-state index is 13.5. The monoisotopic (exact) mass is 238 g/mol. The van der Waals surface area contributed by atoms with Crippen LogP contribution in [0.3, 0.4) is 0 Å². The molecule has 16 heavy (non-hydrogen) atoms. The second-order valence-corrected chi connectivity index (χ2v) is 4.30. The van der Waals surface area contributed by atoms with Crippen molar-refractivity contribution < 1.29 is 9.13 Å². The third-order valence-electron chi connectivity index (χ3n) is 2.15. The molecule has 5 heteroatoms. The van der Waals surface area contributed by atoms with Crippen molar-refractivity contribution in [1.29, 1.82) is 0 Å². The molecule has 0 aliphatic heterocycles. The summed E-state index contributed by atoms with van der Waals surface area (Å²) in [5.41, 5.74) is 6.23. The number of halogens is 1. The number of nitrogens with zero attached hydrogens (tertiary/aromatic N) is 1. The summed E-state index contributed by atoms with van der Waals surface area (Å²) in [7, 11) is 1.44. The van der Waals surface area contributed by atoms with E-state index in [1.807, 2.05) is 0 Å². The molecule has 84 valence electrons. The maximum atomic E-state index is 13.5. The van der Waals surface area contributed by atoms with Crippen molar-refractivity contribution in [3.05, 3.63) is 35.1 Å². The Kier molecular flexibility index (Phi) is 3.17. The predicted octanol–water partition coefficient (Wildman–Crippen LogP) is 2.42. The van der Waals surface area contributed by atoms with Gasteiger partial charge in [0.2, 0.25) is 0 Å². The average molecular weight is 238 g/mol. The third kappa shape index (κ3) is 2.05. The number of thiazole rings is 1. The first kappa shape index (κ1) is 11.0. The molecule has 0 aliphatic rings. The summed E-state index contributed by atoms with van der Waals surface area (Å²) in [4.78, 5) is 5.16. The molecule has 0 radical (unpaired) electrons. The van der Waals surface area contributed by atoms with Crippen LogP contribution < -0.4 is 10.5 Å². The molecule has 1 aromatic carbocycles. The minimum atomic E-state index is -0.385. The van der Waals surface area contributed by atoms with Gasteiger partial charge in [0.15, 0.2) is 11.6 Å². The second-order valence-electron chi connectivity index (χ2n) is 3.19. The lowest BCUT2D eigenvalue weighted by Crippen LogP contribution is -1.91. The van der Waals surface area contributed by atoms with Crippen LogP contribution in [-0.2, 0) is 6.54 Å². The SMILES string of the molecule is COc1ccc(-c2ncc(CN)s2)cc1F. The normalized spacial score (nSPS) is 10.4. The minimum Gasteiger partial charge on any atom is -0.494 e. The Morgan fingerprint density at radius 3 is 2.88 bits per heavy atom. The van der Waals surface area contributed by atoms with Crippen molar-refractivity contribution >= 4 is 11.3 Å². The van der Waals surface area contributed by atoms with Crippen LogP contribution in [0.5, 0.6) is 5.75 Å². The standard InChI is InChI=1S/C11H11FN2OS/c1-15-10-3-2-7(4-9(10)12)11-14-6-8(5-13)16-11/h2-4,6H,5,13H2,1H3. The summed E-state index contributed by atoms with van der Waals surface area (Å²) in [6, 6.07) is 4.78. The highest BCUT2D eigenvalue weighted by molar-refractivity contribution is 7.15. The zero-order valence-corrected chi connectivity index (χ0v) is 9.55. The van der Waals surface area contributed by atoms with Crippen LogP contribution in [0.1, 0.15) is 4.88 Å². The number of nitrogens with two attached hydrogens (primary N) is 1. The van der Waals surface area contributed by atoms with Gasteiger partial charge in [-0.15, -0.1) is 11.3 Å². The van der Waals surface area contributed by atoms with Crippen LogP contribution in [0.25, 0.3) is 10.6 Å². The van der Waals surface area contributed by atoms with E-state index in [0.717, 1.165) is 15.4 Å². The number of hydrogen-bond acceptors (Lipinski definition) is 4. The van der Waals surface area contributed by atoms with Crippen molar-refractivity contribution in [3.8, 4) is 16.3 Å². The molecule has 1 aromatic heterocycles. The zero-order chi connectivity index (χ0) is 11.5. The molecule has 0 atom stereocenters. The van der Waals surface area contributed by atoms with Gasteiger partial charge in [0, 0.05) is 23.2 Å². The molecular formula is C11H11FN2OS. The molecule has 0 amide bonds. The van der Waals surface area contributed by atoms with E-state index in [2.05, 4.69) is 4.98 Å². The first-order chi connectivity index (χ1) is 7.74. The van der Waals surface area contributed by atoms with E-state index in [1.165, 1.54) is 24.5 Å². The van der Waals surface area contributed by atoms with Gasteiger partial charge in [0.25, 0.3) is 0 Å². The van der Waals surface area contributed by atoms with Gasteiger partial charge in [-0.1, -0.05) is 0 Å². The summed E-state index contributed by atoms with van der Waals surface area (Å²) in [5, 5.41) is 0.766. The van der Waals surface area contributed by atoms with Gasteiger partial charge in [0.05, 0.1) is 7.11 Å². The van der Waals surface area contributed by atoms with Gasteiger partial charge in [0.1, 0.15) is 5.01 Å². The highest BCUT2D eigenvalue weighted by Crippen LogP contribution is 2.28. The van der Waals surface area contributed by atoms with Crippen LogP contribution in [-0.4, -0.2) is 12.1 Å². The molecule has 0 unspecified atom stereocenters. The zero-order valence-electron chi connectivity index (χ0n) is 8.74. The second kappa shape index (κ2) is 4.59. The summed E-state index contributed by atoms with van der Waals surface area (Å²) >= 11 is 1.46. The van der Waals surface area contributed by atoms with E-state index in [9.17, 15) is 4.39 Å². The Bertz CT molecular complexity index is 498. The van der Waals surface area contributed by atoms with Crippen LogP contribution in [0.15, 0.2) is 24.4 Å². The Morgan fingerprint density at radius 1 is 1.50 bits per heavy atom. The fraction of sp³-hybridized carbons (Fsp3) is 0.182. The van der Waals surface area contributed by atoms with Gasteiger partial charge in [-0.25, -0.2) is 9.37 Å². The van der Waals surface area contributed by atoms with E-state index in [4.69, 9.17) is 10.5 Å². The lowest BCUT2D eigenvalue weighted by atomic mass is 10.2. The molecule has 1 heterocycles. The summed E-state index contributed by atoms with van der Waals surface area (Å²) in [5.74, 6) is -0.149. The van der Waals surface area contributed by atoms with E-state index < -0.39 is 0 Å². The number of methoxy groups -OCH3 is 1. The number of aromatic nitrogens is 1. The number of benzene rings is 1. The Labute approximate surface area is 96.7 Å². The fourth-order valence-electron chi connectivity index (χ4n) is 1.33. The molecule has 2 N–H and O–H groups in total. The fourth-order valence-corrected chi connectivity index (χ4v) is 2.12. The number of rotatable bonds is 3. The predicted molar refractivity (Wildman–Crippen MR) is 62.0 cm³/mol. The molecule has 3 nitrogen and oxygen atoms in total. The van der Waals surface area contributed by atoms with Gasteiger partial charge in [-0.2, -0.15) is 0 Å². The lowest BCUT2D eigenvalue weighted by Gasteiger charge is -2.02. The molecule has 2 aromatic rings. The van der Waals surface area contributed by atoms with Crippen LogP contribution >= 0.6 is 11.3 Å². The summed E-state index contributed by atoms with van der Waals surface area (Å²) in [6.07, 6.45) is 1.71. The number of ether oxygens (including phenoxy) is 1. The highest BCUT2D eigenvalue weighted by Gasteiger charge is 2.08. The molecule has 2 rings (SSSR count).